The topological polar surface area (TPSA) is 89.6 Å². The van der Waals surface area contributed by atoms with Crippen LogP contribution in [0.4, 0.5) is 5.69 Å². The molecule has 0 saturated carbocycles. The number of hydrogen-bond donors (Lipinski definition) is 2. The third kappa shape index (κ3) is 3.01. The van der Waals surface area contributed by atoms with Crippen LogP contribution in [-0.4, -0.2) is 23.7 Å². The highest BCUT2D eigenvalue weighted by molar-refractivity contribution is 6.44. The molecule has 86 valence electrons. The first kappa shape index (κ1) is 12.6. The zero-order valence-electron chi connectivity index (χ0n) is 7.87. The van der Waals surface area contributed by atoms with Crippen molar-refractivity contribution < 1.29 is 19.4 Å². The van der Waals surface area contributed by atoms with Gasteiger partial charge < -0.3 is 15.6 Å². The molecular formula is C9H7Cl2NO4. The second kappa shape index (κ2) is 5.05. The first-order valence-corrected chi connectivity index (χ1v) is 4.81. The quantitative estimate of drug-likeness (QED) is 0.642. The van der Waals surface area contributed by atoms with Crippen molar-refractivity contribution in [2.24, 2.45) is 0 Å². The fraction of sp³-hybridized carbons (Fsp3) is 0.111. The SMILES string of the molecule is Nc1cc(Cl)c(Cl)c(C(=O)OCC(=O)O)c1. The summed E-state index contributed by atoms with van der Waals surface area (Å²) in [6.45, 7) is -0.748. The van der Waals surface area contributed by atoms with Crippen LogP contribution in [0.3, 0.4) is 0 Å². The lowest BCUT2D eigenvalue weighted by Crippen LogP contribution is -2.13. The average molecular weight is 264 g/mol. The molecule has 0 aliphatic heterocycles. The zero-order valence-corrected chi connectivity index (χ0v) is 9.38. The van der Waals surface area contributed by atoms with Crippen LogP contribution in [0, 0.1) is 0 Å². The number of esters is 1. The number of aliphatic carboxylic acids is 1. The molecule has 5 nitrogen and oxygen atoms in total. The molecule has 0 unspecified atom stereocenters. The Morgan fingerprint density at radius 1 is 1.38 bits per heavy atom. The number of hydrogen-bond acceptors (Lipinski definition) is 4. The molecule has 0 fully saturated rings. The number of ether oxygens (including phenoxy) is 1. The Hall–Kier alpha value is -1.46. The number of rotatable bonds is 3. The third-order valence-corrected chi connectivity index (χ3v) is 2.40. The van der Waals surface area contributed by atoms with E-state index in [1.807, 2.05) is 0 Å². The lowest BCUT2D eigenvalue weighted by atomic mass is 10.2. The molecule has 0 bridgehead atoms. The molecule has 0 radical (unpaired) electrons. The standard InChI is InChI=1S/C9H7Cl2NO4/c10-6-2-4(12)1-5(8(6)11)9(15)16-3-7(13)14/h1-2H,3,12H2,(H,13,14). The molecule has 1 rings (SSSR count). The summed E-state index contributed by atoms with van der Waals surface area (Å²) in [6.07, 6.45) is 0. The molecule has 0 spiro atoms. The molecule has 0 atom stereocenters. The first-order valence-electron chi connectivity index (χ1n) is 4.05. The van der Waals surface area contributed by atoms with Crippen LogP contribution in [-0.2, 0) is 9.53 Å². The number of nitrogens with two attached hydrogens (primary N) is 1. The molecule has 0 aromatic heterocycles. The smallest absolute Gasteiger partial charge is 0.341 e. The van der Waals surface area contributed by atoms with Crippen LogP contribution in [0.2, 0.25) is 10.0 Å². The van der Waals surface area contributed by atoms with E-state index >= 15 is 0 Å². The van der Waals surface area contributed by atoms with E-state index in [2.05, 4.69) is 4.74 Å². The van der Waals surface area contributed by atoms with Crippen LogP contribution in [0.15, 0.2) is 12.1 Å². The number of carbonyl (C=O) groups is 2. The van der Waals surface area contributed by atoms with Crippen LogP contribution < -0.4 is 5.73 Å². The van der Waals surface area contributed by atoms with Crippen molar-refractivity contribution in [1.29, 1.82) is 0 Å². The van der Waals surface area contributed by atoms with E-state index in [9.17, 15) is 9.59 Å². The van der Waals surface area contributed by atoms with Crippen LogP contribution in [0.5, 0.6) is 0 Å². The van der Waals surface area contributed by atoms with Crippen molar-refractivity contribution in [3.8, 4) is 0 Å². The fourth-order valence-electron chi connectivity index (χ4n) is 0.964. The number of benzene rings is 1. The maximum Gasteiger partial charge on any atom is 0.341 e. The van der Waals surface area contributed by atoms with Gasteiger partial charge in [-0.2, -0.15) is 0 Å². The molecule has 16 heavy (non-hydrogen) atoms. The molecule has 1 aromatic carbocycles. The predicted molar refractivity (Wildman–Crippen MR) is 58.8 cm³/mol. The van der Waals surface area contributed by atoms with Crippen LogP contribution in [0.25, 0.3) is 0 Å². The second-order valence-corrected chi connectivity index (χ2v) is 3.62. The van der Waals surface area contributed by atoms with Gasteiger partial charge >= 0.3 is 11.9 Å². The minimum absolute atomic E-state index is 0.0220. The van der Waals surface area contributed by atoms with Crippen molar-refractivity contribution >= 4 is 40.8 Å². The minimum atomic E-state index is -1.26. The summed E-state index contributed by atoms with van der Waals surface area (Å²) in [5.41, 5.74) is 5.63. The van der Waals surface area contributed by atoms with Crippen LogP contribution >= 0.6 is 23.2 Å². The summed E-state index contributed by atoms with van der Waals surface area (Å²) in [5, 5.41) is 8.41. The predicted octanol–water partition coefficient (Wildman–Crippen LogP) is 1.82. The van der Waals surface area contributed by atoms with Crippen molar-refractivity contribution in [1.82, 2.24) is 0 Å². The van der Waals surface area contributed by atoms with E-state index in [-0.39, 0.29) is 21.3 Å². The normalized spacial score (nSPS) is 9.88. The summed E-state index contributed by atoms with van der Waals surface area (Å²) in [6, 6.07) is 2.64. The molecule has 3 N–H and O–H groups in total. The highest BCUT2D eigenvalue weighted by Gasteiger charge is 2.16. The molecule has 0 saturated heterocycles. The van der Waals surface area contributed by atoms with Gasteiger partial charge in [-0.15, -0.1) is 0 Å². The molecule has 0 amide bonds. The van der Waals surface area contributed by atoms with E-state index in [1.54, 1.807) is 0 Å². The summed E-state index contributed by atoms with van der Waals surface area (Å²) in [7, 11) is 0. The van der Waals surface area contributed by atoms with Gasteiger partial charge in [-0.1, -0.05) is 23.2 Å². The lowest BCUT2D eigenvalue weighted by Gasteiger charge is -2.06. The number of halogens is 2. The van der Waals surface area contributed by atoms with Gasteiger partial charge in [-0.3, -0.25) is 0 Å². The van der Waals surface area contributed by atoms with Crippen molar-refractivity contribution in [2.45, 2.75) is 0 Å². The van der Waals surface area contributed by atoms with Gasteiger partial charge in [-0.25, -0.2) is 9.59 Å². The second-order valence-electron chi connectivity index (χ2n) is 2.83. The van der Waals surface area contributed by atoms with Crippen molar-refractivity contribution in [3.05, 3.63) is 27.7 Å². The van der Waals surface area contributed by atoms with Crippen molar-refractivity contribution in [2.75, 3.05) is 12.3 Å². The Balaban J connectivity index is 2.95. The molecule has 0 aliphatic rings. The van der Waals surface area contributed by atoms with Gasteiger partial charge in [0.15, 0.2) is 6.61 Å². The number of carbonyl (C=O) groups excluding carboxylic acids is 1. The molecule has 7 heteroatoms. The lowest BCUT2D eigenvalue weighted by molar-refractivity contribution is -0.140. The molecule has 0 heterocycles. The number of anilines is 1. The summed E-state index contributed by atoms with van der Waals surface area (Å²) >= 11 is 11.4. The minimum Gasteiger partial charge on any atom is -0.479 e. The van der Waals surface area contributed by atoms with E-state index in [4.69, 9.17) is 34.0 Å². The van der Waals surface area contributed by atoms with E-state index < -0.39 is 18.5 Å². The summed E-state index contributed by atoms with van der Waals surface area (Å²) in [5.74, 6) is -2.15. The summed E-state index contributed by atoms with van der Waals surface area (Å²) in [4.78, 5) is 21.6. The number of carboxylic acid groups (broad SMARTS) is 1. The summed E-state index contributed by atoms with van der Waals surface area (Å²) < 4.78 is 4.44. The Bertz CT molecular complexity index is 447. The van der Waals surface area contributed by atoms with Gasteiger partial charge in [0.25, 0.3) is 0 Å². The maximum atomic E-state index is 11.4. The van der Waals surface area contributed by atoms with Gasteiger partial charge in [0.2, 0.25) is 0 Å². The van der Waals surface area contributed by atoms with Gasteiger partial charge in [0.05, 0.1) is 15.6 Å². The Labute approximate surface area is 101 Å². The molecule has 0 aliphatic carbocycles. The zero-order chi connectivity index (χ0) is 12.3. The highest BCUT2D eigenvalue weighted by Crippen LogP contribution is 2.29. The molecule has 1 aromatic rings. The number of nitrogen functional groups attached to an aromatic ring is 1. The van der Waals surface area contributed by atoms with Gasteiger partial charge in [0.1, 0.15) is 0 Å². The van der Waals surface area contributed by atoms with E-state index in [1.165, 1.54) is 12.1 Å². The van der Waals surface area contributed by atoms with E-state index in [0.29, 0.717) is 0 Å². The van der Waals surface area contributed by atoms with Gasteiger partial charge in [-0.05, 0) is 12.1 Å². The maximum absolute atomic E-state index is 11.4. The first-order chi connectivity index (χ1) is 7.41. The Morgan fingerprint density at radius 2 is 2.00 bits per heavy atom. The highest BCUT2D eigenvalue weighted by atomic mass is 35.5. The van der Waals surface area contributed by atoms with Crippen molar-refractivity contribution in [3.63, 3.8) is 0 Å². The van der Waals surface area contributed by atoms with Crippen LogP contribution in [0.1, 0.15) is 10.4 Å². The number of carboxylic acids is 1. The third-order valence-electron chi connectivity index (χ3n) is 1.60. The monoisotopic (exact) mass is 263 g/mol. The Morgan fingerprint density at radius 3 is 2.56 bits per heavy atom. The Kier molecular flexibility index (Phi) is 3.98. The molecular weight excluding hydrogens is 257 g/mol. The van der Waals surface area contributed by atoms with Gasteiger partial charge in [0, 0.05) is 5.69 Å². The van der Waals surface area contributed by atoms with E-state index in [0.717, 1.165) is 0 Å². The largest absolute Gasteiger partial charge is 0.479 e. The fourth-order valence-corrected chi connectivity index (χ4v) is 1.38. The average Bonchev–Trinajstić information content (AvgIpc) is 2.19.